The van der Waals surface area contributed by atoms with Gasteiger partial charge in [-0.15, -0.1) is 0 Å². The van der Waals surface area contributed by atoms with Crippen molar-refractivity contribution in [3.8, 4) is 0 Å². The molecule has 100 valence electrons. The molecule has 1 fully saturated rings. The van der Waals surface area contributed by atoms with Crippen LogP contribution in [-0.4, -0.2) is 36.0 Å². The molecule has 2 heterocycles. The monoisotopic (exact) mass is 250 g/mol. The number of nitrogens with one attached hydrogen (secondary N) is 1. The van der Waals surface area contributed by atoms with Crippen molar-refractivity contribution in [2.24, 2.45) is 5.92 Å². The summed E-state index contributed by atoms with van der Waals surface area (Å²) in [6.07, 6.45) is 2.64. The molecule has 4 heteroatoms. The molecule has 1 aliphatic rings. The highest BCUT2D eigenvalue weighted by molar-refractivity contribution is 5.91. The van der Waals surface area contributed by atoms with Crippen molar-refractivity contribution in [1.29, 1.82) is 0 Å². The molecule has 0 aromatic carbocycles. The second-order valence-electron chi connectivity index (χ2n) is 5.52. The molecule has 1 aromatic heterocycles. The smallest absolute Gasteiger partial charge is 0.289 e. The Kier molecular flexibility index (Phi) is 4.07. The zero-order chi connectivity index (χ0) is 13.1. The number of hydrogen-bond acceptors (Lipinski definition) is 3. The average Bonchev–Trinajstić information content (AvgIpc) is 2.83. The molecular formula is C14H22N2O2. The van der Waals surface area contributed by atoms with E-state index in [4.69, 9.17) is 4.42 Å². The number of carbonyl (C=O) groups excluding carboxylic acids is 1. The lowest BCUT2D eigenvalue weighted by Gasteiger charge is -2.39. The summed E-state index contributed by atoms with van der Waals surface area (Å²) in [4.78, 5) is 14.2. The minimum Gasteiger partial charge on any atom is -0.459 e. The maximum Gasteiger partial charge on any atom is 0.289 e. The van der Waals surface area contributed by atoms with Gasteiger partial charge in [0.15, 0.2) is 5.76 Å². The molecule has 0 bridgehead atoms. The van der Waals surface area contributed by atoms with Crippen LogP contribution in [0.2, 0.25) is 0 Å². The summed E-state index contributed by atoms with van der Waals surface area (Å²) in [5.41, 5.74) is 0. The zero-order valence-corrected chi connectivity index (χ0v) is 11.3. The molecule has 0 aliphatic carbocycles. The first-order valence-electron chi connectivity index (χ1n) is 6.65. The quantitative estimate of drug-likeness (QED) is 0.894. The fraction of sp³-hybridized carbons (Fsp3) is 0.643. The van der Waals surface area contributed by atoms with Crippen molar-refractivity contribution in [3.63, 3.8) is 0 Å². The third-order valence-electron chi connectivity index (χ3n) is 3.40. The average molecular weight is 250 g/mol. The first-order chi connectivity index (χ1) is 8.58. The Balaban J connectivity index is 2.03. The van der Waals surface area contributed by atoms with Crippen LogP contribution in [0.25, 0.3) is 0 Å². The SMILES string of the molecule is CC(C)CC1CN(C(=O)c2ccco2)C(C)CN1. The van der Waals surface area contributed by atoms with Crippen LogP contribution in [0.15, 0.2) is 22.8 Å². The maximum absolute atomic E-state index is 12.3. The Morgan fingerprint density at radius 2 is 2.39 bits per heavy atom. The lowest BCUT2D eigenvalue weighted by Crippen LogP contribution is -2.57. The van der Waals surface area contributed by atoms with Crippen molar-refractivity contribution in [1.82, 2.24) is 10.2 Å². The first kappa shape index (κ1) is 13.1. The summed E-state index contributed by atoms with van der Waals surface area (Å²) in [7, 11) is 0. The van der Waals surface area contributed by atoms with Crippen molar-refractivity contribution < 1.29 is 9.21 Å². The van der Waals surface area contributed by atoms with E-state index in [0.717, 1.165) is 19.5 Å². The van der Waals surface area contributed by atoms with Gasteiger partial charge in [0.25, 0.3) is 5.91 Å². The lowest BCUT2D eigenvalue weighted by atomic mass is 10.00. The topological polar surface area (TPSA) is 45.5 Å². The molecule has 1 aromatic rings. The zero-order valence-electron chi connectivity index (χ0n) is 11.3. The number of furan rings is 1. The van der Waals surface area contributed by atoms with Crippen LogP contribution < -0.4 is 5.32 Å². The molecule has 18 heavy (non-hydrogen) atoms. The van der Waals surface area contributed by atoms with Gasteiger partial charge in [-0.3, -0.25) is 4.79 Å². The molecule has 2 atom stereocenters. The number of piperazine rings is 1. The van der Waals surface area contributed by atoms with Gasteiger partial charge in [-0.2, -0.15) is 0 Å². The molecule has 1 saturated heterocycles. The maximum atomic E-state index is 12.3. The van der Waals surface area contributed by atoms with Gasteiger partial charge >= 0.3 is 0 Å². The number of hydrogen-bond donors (Lipinski definition) is 1. The Bertz CT molecular complexity index is 387. The van der Waals surface area contributed by atoms with Crippen LogP contribution in [0.5, 0.6) is 0 Å². The van der Waals surface area contributed by atoms with E-state index in [-0.39, 0.29) is 11.9 Å². The Hall–Kier alpha value is -1.29. The normalized spacial score (nSPS) is 24.6. The molecule has 1 amide bonds. The van der Waals surface area contributed by atoms with Gasteiger partial charge in [0, 0.05) is 25.2 Å². The van der Waals surface area contributed by atoms with Gasteiger partial charge in [-0.05, 0) is 31.4 Å². The minimum absolute atomic E-state index is 0.00255. The van der Waals surface area contributed by atoms with Crippen molar-refractivity contribution in [2.75, 3.05) is 13.1 Å². The predicted octanol–water partition coefficient (Wildman–Crippen LogP) is 2.13. The standard InChI is InChI=1S/C14H22N2O2/c1-10(2)7-12-9-16(11(3)8-15-12)14(17)13-5-4-6-18-13/h4-6,10-12,15H,7-9H2,1-3H3. The largest absolute Gasteiger partial charge is 0.459 e. The van der Waals surface area contributed by atoms with Crippen LogP contribution in [0, 0.1) is 5.92 Å². The van der Waals surface area contributed by atoms with Crippen LogP contribution in [0.3, 0.4) is 0 Å². The molecule has 0 spiro atoms. The highest BCUT2D eigenvalue weighted by Gasteiger charge is 2.30. The number of carbonyl (C=O) groups is 1. The van der Waals surface area contributed by atoms with E-state index in [1.807, 2.05) is 4.90 Å². The Labute approximate surface area is 108 Å². The molecule has 4 nitrogen and oxygen atoms in total. The second-order valence-corrected chi connectivity index (χ2v) is 5.52. The van der Waals surface area contributed by atoms with E-state index >= 15 is 0 Å². The van der Waals surface area contributed by atoms with Crippen LogP contribution in [-0.2, 0) is 0 Å². The van der Waals surface area contributed by atoms with Gasteiger partial charge in [0.1, 0.15) is 0 Å². The van der Waals surface area contributed by atoms with Crippen LogP contribution in [0.1, 0.15) is 37.7 Å². The predicted molar refractivity (Wildman–Crippen MR) is 70.5 cm³/mol. The highest BCUT2D eigenvalue weighted by atomic mass is 16.3. The molecule has 0 saturated carbocycles. The van der Waals surface area contributed by atoms with E-state index in [1.54, 1.807) is 18.4 Å². The fourth-order valence-corrected chi connectivity index (χ4v) is 2.48. The van der Waals surface area contributed by atoms with Gasteiger partial charge in [0.05, 0.1) is 6.26 Å². The number of nitrogens with zero attached hydrogens (tertiary/aromatic N) is 1. The summed E-state index contributed by atoms with van der Waals surface area (Å²) in [6, 6.07) is 4.09. The molecular weight excluding hydrogens is 228 g/mol. The molecule has 0 radical (unpaired) electrons. The molecule has 2 unspecified atom stereocenters. The van der Waals surface area contributed by atoms with Crippen molar-refractivity contribution in [2.45, 2.75) is 39.3 Å². The van der Waals surface area contributed by atoms with Crippen molar-refractivity contribution >= 4 is 5.91 Å². The third kappa shape index (κ3) is 2.93. The van der Waals surface area contributed by atoms with E-state index in [2.05, 4.69) is 26.1 Å². The fourth-order valence-electron chi connectivity index (χ4n) is 2.48. The first-order valence-corrected chi connectivity index (χ1v) is 6.65. The van der Waals surface area contributed by atoms with Crippen molar-refractivity contribution in [3.05, 3.63) is 24.2 Å². The van der Waals surface area contributed by atoms with Crippen LogP contribution in [0.4, 0.5) is 0 Å². The molecule has 1 aliphatic heterocycles. The summed E-state index contributed by atoms with van der Waals surface area (Å²) in [6.45, 7) is 8.10. The summed E-state index contributed by atoms with van der Waals surface area (Å²) >= 11 is 0. The lowest BCUT2D eigenvalue weighted by molar-refractivity contribution is 0.0563. The van der Waals surface area contributed by atoms with E-state index in [0.29, 0.717) is 17.7 Å². The Morgan fingerprint density at radius 1 is 1.61 bits per heavy atom. The molecule has 2 rings (SSSR count). The Morgan fingerprint density at radius 3 is 3.00 bits per heavy atom. The van der Waals surface area contributed by atoms with Gasteiger partial charge in [-0.1, -0.05) is 13.8 Å². The van der Waals surface area contributed by atoms with Crippen LogP contribution >= 0.6 is 0 Å². The number of rotatable bonds is 3. The van der Waals surface area contributed by atoms with E-state index < -0.39 is 0 Å². The van der Waals surface area contributed by atoms with E-state index in [9.17, 15) is 4.79 Å². The summed E-state index contributed by atoms with van der Waals surface area (Å²) in [5, 5.41) is 3.51. The van der Waals surface area contributed by atoms with Gasteiger partial charge in [-0.25, -0.2) is 0 Å². The summed E-state index contributed by atoms with van der Waals surface area (Å²) < 4.78 is 5.20. The second kappa shape index (κ2) is 5.57. The third-order valence-corrected chi connectivity index (χ3v) is 3.40. The highest BCUT2D eigenvalue weighted by Crippen LogP contribution is 2.16. The van der Waals surface area contributed by atoms with Gasteiger partial charge in [0.2, 0.25) is 0 Å². The number of amides is 1. The molecule has 1 N–H and O–H groups in total. The summed E-state index contributed by atoms with van der Waals surface area (Å²) in [5.74, 6) is 1.08. The van der Waals surface area contributed by atoms with Gasteiger partial charge < -0.3 is 14.6 Å². The minimum atomic E-state index is 0.00255. The van der Waals surface area contributed by atoms with E-state index in [1.165, 1.54) is 0 Å².